The van der Waals surface area contributed by atoms with Gasteiger partial charge in [0, 0.05) is 10.6 Å². The number of hydrogen-bond acceptors (Lipinski definition) is 6. The SMILES string of the molecule is Cc1cc(C)n(-c2nnc3ncc(Sc4ccccc4)n3n2)n1. The molecule has 0 aliphatic heterocycles. The van der Waals surface area contributed by atoms with Gasteiger partial charge in [-0.25, -0.2) is 9.67 Å². The van der Waals surface area contributed by atoms with Gasteiger partial charge in [-0.05, 0) is 32.0 Å². The molecular weight excluding hydrogens is 310 g/mol. The monoisotopic (exact) mass is 323 g/mol. The fourth-order valence-corrected chi connectivity index (χ4v) is 3.13. The average molecular weight is 323 g/mol. The van der Waals surface area contributed by atoms with E-state index < -0.39 is 0 Å². The fraction of sp³-hybridized carbons (Fsp3) is 0.133. The lowest BCUT2D eigenvalue weighted by Gasteiger charge is -2.03. The van der Waals surface area contributed by atoms with E-state index in [0.29, 0.717) is 11.7 Å². The molecule has 114 valence electrons. The molecule has 3 heterocycles. The lowest BCUT2D eigenvalue weighted by molar-refractivity contribution is 0.682. The number of benzene rings is 1. The Morgan fingerprint density at radius 3 is 2.57 bits per heavy atom. The normalized spacial score (nSPS) is 11.2. The number of aryl methyl sites for hydroxylation is 2. The highest BCUT2D eigenvalue weighted by molar-refractivity contribution is 7.99. The topological polar surface area (TPSA) is 73.8 Å². The lowest BCUT2D eigenvalue weighted by atomic mass is 10.4. The van der Waals surface area contributed by atoms with Crippen molar-refractivity contribution in [3.05, 3.63) is 54.0 Å². The van der Waals surface area contributed by atoms with Gasteiger partial charge in [-0.3, -0.25) is 0 Å². The molecule has 8 heteroatoms. The summed E-state index contributed by atoms with van der Waals surface area (Å²) in [5, 5.41) is 18.1. The summed E-state index contributed by atoms with van der Waals surface area (Å²) in [6.45, 7) is 3.89. The Hall–Kier alpha value is -2.74. The van der Waals surface area contributed by atoms with Crippen LogP contribution in [0.1, 0.15) is 11.4 Å². The number of rotatable bonds is 3. The Kier molecular flexibility index (Phi) is 3.30. The Balaban J connectivity index is 1.79. The maximum atomic E-state index is 4.54. The van der Waals surface area contributed by atoms with Crippen LogP contribution < -0.4 is 0 Å². The molecule has 0 atom stereocenters. The van der Waals surface area contributed by atoms with Crippen LogP contribution in [0.4, 0.5) is 0 Å². The van der Waals surface area contributed by atoms with Crippen LogP contribution in [0.25, 0.3) is 11.7 Å². The van der Waals surface area contributed by atoms with Crippen molar-refractivity contribution in [3.63, 3.8) is 0 Å². The summed E-state index contributed by atoms with van der Waals surface area (Å²) < 4.78 is 3.37. The van der Waals surface area contributed by atoms with Gasteiger partial charge in [-0.2, -0.15) is 9.61 Å². The van der Waals surface area contributed by atoms with Gasteiger partial charge >= 0.3 is 0 Å². The van der Waals surface area contributed by atoms with Crippen LogP contribution in [-0.2, 0) is 0 Å². The summed E-state index contributed by atoms with van der Waals surface area (Å²) in [6.07, 6.45) is 1.75. The molecule has 0 aliphatic carbocycles. The highest BCUT2D eigenvalue weighted by Gasteiger charge is 2.12. The van der Waals surface area contributed by atoms with Crippen LogP contribution in [0.2, 0.25) is 0 Å². The van der Waals surface area contributed by atoms with Crippen LogP contribution in [-0.4, -0.2) is 34.6 Å². The maximum Gasteiger partial charge on any atom is 0.287 e. The van der Waals surface area contributed by atoms with Crippen molar-refractivity contribution in [1.82, 2.24) is 34.6 Å². The van der Waals surface area contributed by atoms with E-state index in [1.54, 1.807) is 27.2 Å². The van der Waals surface area contributed by atoms with E-state index in [1.807, 2.05) is 50.2 Å². The second kappa shape index (κ2) is 5.47. The molecule has 0 saturated heterocycles. The minimum atomic E-state index is 0.427. The molecule has 0 aliphatic rings. The van der Waals surface area contributed by atoms with Crippen molar-refractivity contribution in [2.45, 2.75) is 23.8 Å². The van der Waals surface area contributed by atoms with Gasteiger partial charge in [0.1, 0.15) is 5.03 Å². The van der Waals surface area contributed by atoms with Crippen LogP contribution in [0.15, 0.2) is 52.5 Å². The van der Waals surface area contributed by atoms with Crippen LogP contribution in [0, 0.1) is 13.8 Å². The van der Waals surface area contributed by atoms with Crippen LogP contribution in [0.5, 0.6) is 0 Å². The molecule has 23 heavy (non-hydrogen) atoms. The molecular formula is C15H13N7S. The summed E-state index contributed by atoms with van der Waals surface area (Å²) in [7, 11) is 0. The first-order valence-electron chi connectivity index (χ1n) is 7.06. The molecule has 1 aromatic carbocycles. The number of aromatic nitrogens is 7. The van der Waals surface area contributed by atoms with Gasteiger partial charge in [0.25, 0.3) is 11.7 Å². The first-order chi connectivity index (χ1) is 11.2. The second-order valence-electron chi connectivity index (χ2n) is 5.06. The summed E-state index contributed by atoms with van der Waals surface area (Å²) in [6, 6.07) is 12.0. The smallest absolute Gasteiger partial charge is 0.215 e. The van der Waals surface area contributed by atoms with Crippen molar-refractivity contribution in [2.75, 3.05) is 0 Å². The predicted molar refractivity (Wildman–Crippen MR) is 85.7 cm³/mol. The fourth-order valence-electron chi connectivity index (χ4n) is 2.28. The molecule has 7 nitrogen and oxygen atoms in total. The van der Waals surface area contributed by atoms with E-state index in [-0.39, 0.29) is 0 Å². The lowest BCUT2D eigenvalue weighted by Crippen LogP contribution is -2.10. The van der Waals surface area contributed by atoms with Gasteiger partial charge in [-0.1, -0.05) is 30.0 Å². The summed E-state index contributed by atoms with van der Waals surface area (Å²) in [5.41, 5.74) is 1.87. The van der Waals surface area contributed by atoms with Gasteiger partial charge < -0.3 is 0 Å². The van der Waals surface area contributed by atoms with Gasteiger partial charge in [0.15, 0.2) is 0 Å². The molecule has 4 aromatic rings. The van der Waals surface area contributed by atoms with Crippen molar-refractivity contribution in [3.8, 4) is 5.95 Å². The largest absolute Gasteiger partial charge is 0.287 e. The Labute approximate surface area is 136 Å². The average Bonchev–Trinajstić information content (AvgIpc) is 3.11. The third-order valence-corrected chi connectivity index (χ3v) is 4.27. The molecule has 0 radical (unpaired) electrons. The minimum absolute atomic E-state index is 0.427. The van der Waals surface area contributed by atoms with Gasteiger partial charge in [0.05, 0.1) is 11.9 Å². The predicted octanol–water partition coefficient (Wildman–Crippen LogP) is 2.47. The molecule has 0 fully saturated rings. The molecule has 0 amide bonds. The number of imidazole rings is 1. The molecule has 3 aromatic heterocycles. The first-order valence-corrected chi connectivity index (χ1v) is 7.87. The molecule has 0 spiro atoms. The Morgan fingerprint density at radius 1 is 1.00 bits per heavy atom. The molecule has 0 unspecified atom stereocenters. The number of nitrogens with zero attached hydrogens (tertiary/aromatic N) is 7. The zero-order valence-corrected chi connectivity index (χ0v) is 13.4. The van der Waals surface area contributed by atoms with Crippen LogP contribution in [0.3, 0.4) is 0 Å². The summed E-state index contributed by atoms with van der Waals surface area (Å²) >= 11 is 1.58. The van der Waals surface area contributed by atoms with Gasteiger partial charge in [-0.15, -0.1) is 15.3 Å². The molecule has 0 saturated carbocycles. The van der Waals surface area contributed by atoms with E-state index >= 15 is 0 Å². The van der Waals surface area contributed by atoms with Crippen molar-refractivity contribution < 1.29 is 0 Å². The zero-order chi connectivity index (χ0) is 15.8. The first kappa shape index (κ1) is 13.9. The second-order valence-corrected chi connectivity index (χ2v) is 6.16. The Bertz CT molecular complexity index is 974. The third kappa shape index (κ3) is 2.57. The molecule has 0 bridgehead atoms. The van der Waals surface area contributed by atoms with Crippen LogP contribution >= 0.6 is 11.8 Å². The van der Waals surface area contributed by atoms with Crippen molar-refractivity contribution >= 4 is 17.5 Å². The van der Waals surface area contributed by atoms with Gasteiger partial charge in [0.2, 0.25) is 0 Å². The van der Waals surface area contributed by atoms with E-state index in [9.17, 15) is 0 Å². The van der Waals surface area contributed by atoms with E-state index in [2.05, 4.69) is 25.4 Å². The number of hydrogen-bond donors (Lipinski definition) is 0. The quantitative estimate of drug-likeness (QED) is 0.576. The summed E-state index contributed by atoms with van der Waals surface area (Å²) in [5.74, 6) is 0.893. The highest BCUT2D eigenvalue weighted by Crippen LogP contribution is 2.26. The van der Waals surface area contributed by atoms with E-state index in [0.717, 1.165) is 21.3 Å². The minimum Gasteiger partial charge on any atom is -0.215 e. The van der Waals surface area contributed by atoms with Crippen molar-refractivity contribution in [1.29, 1.82) is 0 Å². The molecule has 0 N–H and O–H groups in total. The summed E-state index contributed by atoms with van der Waals surface area (Å²) in [4.78, 5) is 5.37. The van der Waals surface area contributed by atoms with E-state index in [4.69, 9.17) is 0 Å². The highest BCUT2D eigenvalue weighted by atomic mass is 32.2. The Morgan fingerprint density at radius 2 is 1.83 bits per heavy atom. The third-order valence-electron chi connectivity index (χ3n) is 3.27. The maximum absolute atomic E-state index is 4.54. The van der Waals surface area contributed by atoms with E-state index in [1.165, 1.54) is 0 Å². The number of fused-ring (bicyclic) bond motifs is 1. The standard InChI is InChI=1S/C15H13N7S/c1-10-8-11(2)21(19-10)15-18-17-14-16-9-13(22(14)20-15)23-12-6-4-3-5-7-12/h3-9H,1-2H3. The zero-order valence-electron chi connectivity index (χ0n) is 12.6. The molecule has 4 rings (SSSR count). The van der Waals surface area contributed by atoms with Crippen molar-refractivity contribution in [2.24, 2.45) is 0 Å².